The van der Waals surface area contributed by atoms with Crippen LogP contribution in [0.4, 0.5) is 0 Å². The number of nitrogens with one attached hydrogen (secondary N) is 1. The lowest BCUT2D eigenvalue weighted by Crippen LogP contribution is -2.47. The third kappa shape index (κ3) is 3.74. The first-order chi connectivity index (χ1) is 9.70. The smallest absolute Gasteiger partial charge is 0.109 e. The Balaban J connectivity index is 1.77. The second-order valence-corrected chi connectivity index (χ2v) is 6.76. The van der Waals surface area contributed by atoms with Crippen molar-refractivity contribution in [2.45, 2.75) is 76.9 Å². The third-order valence-electron chi connectivity index (χ3n) is 5.22. The highest BCUT2D eigenvalue weighted by Crippen LogP contribution is 2.37. The molecule has 0 amide bonds. The van der Waals surface area contributed by atoms with E-state index >= 15 is 0 Å². The molecule has 0 aromatic heterocycles. The summed E-state index contributed by atoms with van der Waals surface area (Å²) in [7, 11) is 0. The molecule has 2 rings (SSSR count). The molecule has 0 heterocycles. The van der Waals surface area contributed by atoms with E-state index in [4.69, 9.17) is 4.74 Å². The van der Waals surface area contributed by atoms with Crippen LogP contribution in [0.2, 0.25) is 0 Å². The number of hydrogen-bond acceptors (Lipinski definition) is 3. The number of ether oxygens (including phenoxy) is 1. The first-order valence-electron chi connectivity index (χ1n) is 8.48. The molecule has 1 N–H and O–H groups in total. The Kier molecular flexibility index (Phi) is 5.86. The Labute approximate surface area is 124 Å². The predicted octanol–water partition coefficient (Wildman–Crippen LogP) is 3.64. The Morgan fingerprint density at radius 2 is 2.15 bits per heavy atom. The molecule has 4 atom stereocenters. The normalized spacial score (nSPS) is 37.8. The third-order valence-corrected chi connectivity index (χ3v) is 5.22. The lowest BCUT2D eigenvalue weighted by Gasteiger charge is -2.31. The van der Waals surface area contributed by atoms with Crippen molar-refractivity contribution in [3.63, 3.8) is 0 Å². The van der Waals surface area contributed by atoms with Crippen LogP contribution in [0.1, 0.15) is 65.2 Å². The summed E-state index contributed by atoms with van der Waals surface area (Å²) in [5, 5.41) is 13.0. The fourth-order valence-corrected chi connectivity index (χ4v) is 4.11. The van der Waals surface area contributed by atoms with E-state index < -0.39 is 0 Å². The van der Waals surface area contributed by atoms with E-state index in [2.05, 4.69) is 25.2 Å². The van der Waals surface area contributed by atoms with Crippen LogP contribution in [0.25, 0.3) is 0 Å². The summed E-state index contributed by atoms with van der Waals surface area (Å²) < 4.78 is 6.09. The molecule has 0 aliphatic heterocycles. The van der Waals surface area contributed by atoms with Gasteiger partial charge in [0, 0.05) is 6.61 Å². The molecule has 4 unspecified atom stereocenters. The van der Waals surface area contributed by atoms with Gasteiger partial charge < -0.3 is 4.74 Å². The van der Waals surface area contributed by atoms with E-state index in [1.54, 1.807) is 0 Å². The highest BCUT2D eigenvalue weighted by atomic mass is 16.5. The van der Waals surface area contributed by atoms with Crippen LogP contribution in [0.15, 0.2) is 0 Å². The van der Waals surface area contributed by atoms with E-state index in [1.807, 2.05) is 0 Å². The van der Waals surface area contributed by atoms with Gasteiger partial charge in [0.1, 0.15) is 5.54 Å². The van der Waals surface area contributed by atoms with Gasteiger partial charge in [0.05, 0.1) is 12.2 Å². The van der Waals surface area contributed by atoms with Gasteiger partial charge in [-0.3, -0.25) is 5.32 Å². The molecule has 2 fully saturated rings. The van der Waals surface area contributed by atoms with E-state index in [-0.39, 0.29) is 5.54 Å². The van der Waals surface area contributed by atoms with Crippen LogP contribution in [0.3, 0.4) is 0 Å². The summed E-state index contributed by atoms with van der Waals surface area (Å²) in [6.07, 6.45) is 9.97. The first kappa shape index (κ1) is 15.8. The quantitative estimate of drug-likeness (QED) is 0.806. The largest absolute Gasteiger partial charge is 0.378 e. The van der Waals surface area contributed by atoms with Gasteiger partial charge in [-0.2, -0.15) is 5.26 Å². The summed E-state index contributed by atoms with van der Waals surface area (Å²) in [6.45, 7) is 6.13. The monoisotopic (exact) mass is 278 g/mol. The maximum atomic E-state index is 9.55. The van der Waals surface area contributed by atoms with Gasteiger partial charge in [0.25, 0.3) is 0 Å². The summed E-state index contributed by atoms with van der Waals surface area (Å²) in [6, 6.07) is 2.56. The van der Waals surface area contributed by atoms with Gasteiger partial charge in [0.15, 0.2) is 0 Å². The Hall–Kier alpha value is -0.590. The molecule has 114 valence electrons. The number of nitrogens with zero attached hydrogens (tertiary/aromatic N) is 1. The average Bonchev–Trinajstić information content (AvgIpc) is 2.83. The van der Waals surface area contributed by atoms with Crippen LogP contribution in [0, 0.1) is 23.2 Å². The minimum absolute atomic E-state index is 0.280. The molecule has 20 heavy (non-hydrogen) atoms. The van der Waals surface area contributed by atoms with Crippen LogP contribution in [-0.4, -0.2) is 24.8 Å². The zero-order valence-corrected chi connectivity index (χ0v) is 13.2. The van der Waals surface area contributed by atoms with Crippen LogP contribution >= 0.6 is 0 Å². The highest BCUT2D eigenvalue weighted by molar-refractivity contribution is 5.13. The standard InChI is InChI=1S/C17H30N2O/c1-3-19-17(13-18)10-5-7-15(17)9-11-20-16-8-4-6-14(2)12-16/h14-16,19H,3-12H2,1-2H3. The van der Waals surface area contributed by atoms with E-state index in [1.165, 1.54) is 38.5 Å². The van der Waals surface area contributed by atoms with Crippen molar-refractivity contribution in [1.29, 1.82) is 5.26 Å². The molecule has 2 aliphatic carbocycles. The van der Waals surface area contributed by atoms with Crippen LogP contribution in [-0.2, 0) is 4.74 Å². The summed E-state index contributed by atoms with van der Waals surface area (Å²) in [5.74, 6) is 1.29. The summed E-state index contributed by atoms with van der Waals surface area (Å²) in [5.41, 5.74) is -0.280. The van der Waals surface area contributed by atoms with Gasteiger partial charge in [0.2, 0.25) is 0 Å². The topological polar surface area (TPSA) is 45.0 Å². The van der Waals surface area contributed by atoms with Crippen molar-refractivity contribution in [3.8, 4) is 6.07 Å². The van der Waals surface area contributed by atoms with Gasteiger partial charge in [-0.25, -0.2) is 0 Å². The molecular weight excluding hydrogens is 248 g/mol. The zero-order valence-electron chi connectivity index (χ0n) is 13.2. The molecule has 0 aromatic carbocycles. The second kappa shape index (κ2) is 7.43. The maximum absolute atomic E-state index is 9.55. The van der Waals surface area contributed by atoms with E-state index in [0.717, 1.165) is 31.9 Å². The van der Waals surface area contributed by atoms with Crippen molar-refractivity contribution >= 4 is 0 Å². The highest BCUT2D eigenvalue weighted by Gasteiger charge is 2.42. The van der Waals surface area contributed by atoms with Gasteiger partial charge in [-0.15, -0.1) is 0 Å². The zero-order chi connectivity index (χ0) is 14.4. The predicted molar refractivity (Wildman–Crippen MR) is 81.4 cm³/mol. The van der Waals surface area contributed by atoms with Crippen LogP contribution in [0.5, 0.6) is 0 Å². The van der Waals surface area contributed by atoms with Crippen molar-refractivity contribution in [2.75, 3.05) is 13.2 Å². The average molecular weight is 278 g/mol. The minimum atomic E-state index is -0.280. The molecule has 0 aromatic rings. The Morgan fingerprint density at radius 1 is 1.30 bits per heavy atom. The maximum Gasteiger partial charge on any atom is 0.109 e. The molecule has 0 bridgehead atoms. The molecule has 0 saturated heterocycles. The fraction of sp³-hybridized carbons (Fsp3) is 0.941. The minimum Gasteiger partial charge on any atom is -0.378 e. The molecule has 0 spiro atoms. The molecule has 3 heteroatoms. The first-order valence-corrected chi connectivity index (χ1v) is 8.48. The van der Waals surface area contributed by atoms with Crippen molar-refractivity contribution in [1.82, 2.24) is 5.32 Å². The summed E-state index contributed by atoms with van der Waals surface area (Å²) >= 11 is 0. The fourth-order valence-electron chi connectivity index (χ4n) is 4.11. The molecule has 2 aliphatic rings. The number of rotatable bonds is 6. The summed E-state index contributed by atoms with van der Waals surface area (Å²) in [4.78, 5) is 0. The lowest BCUT2D eigenvalue weighted by molar-refractivity contribution is 0.00675. The van der Waals surface area contributed by atoms with Crippen molar-refractivity contribution < 1.29 is 4.74 Å². The molecule has 0 radical (unpaired) electrons. The molecular formula is C17H30N2O. The van der Waals surface area contributed by atoms with Crippen molar-refractivity contribution in [3.05, 3.63) is 0 Å². The molecule has 2 saturated carbocycles. The lowest BCUT2D eigenvalue weighted by atomic mass is 9.86. The van der Waals surface area contributed by atoms with Gasteiger partial charge >= 0.3 is 0 Å². The number of hydrogen-bond donors (Lipinski definition) is 1. The second-order valence-electron chi connectivity index (χ2n) is 6.76. The van der Waals surface area contributed by atoms with E-state index in [9.17, 15) is 5.26 Å². The van der Waals surface area contributed by atoms with E-state index in [0.29, 0.717) is 12.0 Å². The molecule has 3 nitrogen and oxygen atoms in total. The van der Waals surface area contributed by atoms with Gasteiger partial charge in [-0.05, 0) is 50.5 Å². The van der Waals surface area contributed by atoms with Gasteiger partial charge in [-0.1, -0.05) is 33.1 Å². The van der Waals surface area contributed by atoms with Crippen LogP contribution < -0.4 is 5.32 Å². The Bertz CT molecular complexity index is 338. The number of nitriles is 1. The SMILES string of the molecule is CCNC1(C#N)CCCC1CCOC1CCCC(C)C1. The van der Waals surface area contributed by atoms with Crippen molar-refractivity contribution in [2.24, 2.45) is 11.8 Å². The Morgan fingerprint density at radius 3 is 2.85 bits per heavy atom.